The number of hydrogen-bond acceptors (Lipinski definition) is 3. The van der Waals surface area contributed by atoms with E-state index >= 15 is 0 Å². The van der Waals surface area contributed by atoms with Crippen molar-refractivity contribution in [1.29, 1.82) is 0 Å². The number of nitrogens with zero attached hydrogens (tertiary/aromatic N) is 2. The van der Waals surface area contributed by atoms with Crippen molar-refractivity contribution in [3.8, 4) is 0 Å². The zero-order valence-corrected chi connectivity index (χ0v) is 12.5. The zero-order valence-electron chi connectivity index (χ0n) is 11.7. The zero-order chi connectivity index (χ0) is 13.9. The van der Waals surface area contributed by atoms with E-state index in [1.54, 1.807) is 0 Å². The summed E-state index contributed by atoms with van der Waals surface area (Å²) in [7, 11) is 0. The Balaban J connectivity index is 2.12. The normalized spacial score (nSPS) is 17.8. The molecule has 1 fully saturated rings. The van der Waals surface area contributed by atoms with Crippen LogP contribution in [0.1, 0.15) is 44.7 Å². The van der Waals surface area contributed by atoms with E-state index < -0.39 is 5.97 Å². The molecule has 0 unspecified atom stereocenters. The highest BCUT2D eigenvalue weighted by Crippen LogP contribution is 2.43. The van der Waals surface area contributed by atoms with Crippen molar-refractivity contribution in [2.24, 2.45) is 5.41 Å². The van der Waals surface area contributed by atoms with Crippen LogP contribution in [0.3, 0.4) is 0 Å². The van der Waals surface area contributed by atoms with Gasteiger partial charge in [-0.05, 0) is 31.6 Å². The smallest absolute Gasteiger partial charge is 0.313 e. The van der Waals surface area contributed by atoms with E-state index in [1.165, 1.54) is 43.9 Å². The maximum atomic E-state index is 10.7. The number of aromatic nitrogens is 2. The minimum Gasteiger partial charge on any atom is -0.481 e. The molecule has 2 rings (SSSR count). The van der Waals surface area contributed by atoms with Crippen molar-refractivity contribution in [2.75, 3.05) is 5.75 Å². The standard InChI is InChI=1S/C14H22N2O2S/c1-3-14(6-4-5-7-14)10-16-8-11(2)15-13(16)19-9-12(17)18/h8H,3-7,9-10H2,1-2H3,(H,17,18). The van der Waals surface area contributed by atoms with E-state index in [9.17, 15) is 4.79 Å². The Hall–Kier alpha value is -0.970. The average Bonchev–Trinajstić information content (AvgIpc) is 2.95. The van der Waals surface area contributed by atoms with Gasteiger partial charge in [-0.1, -0.05) is 31.5 Å². The molecule has 0 bridgehead atoms. The number of hydrogen-bond donors (Lipinski definition) is 1. The number of carbonyl (C=O) groups is 1. The summed E-state index contributed by atoms with van der Waals surface area (Å²) in [4.78, 5) is 15.1. The summed E-state index contributed by atoms with van der Waals surface area (Å²) in [5.74, 6) is -0.710. The van der Waals surface area contributed by atoms with Crippen LogP contribution in [0.4, 0.5) is 0 Å². The Morgan fingerprint density at radius 2 is 2.21 bits per heavy atom. The van der Waals surface area contributed by atoms with E-state index in [2.05, 4.69) is 22.7 Å². The molecule has 106 valence electrons. The second-order valence-electron chi connectivity index (χ2n) is 5.54. The largest absolute Gasteiger partial charge is 0.481 e. The third-order valence-electron chi connectivity index (χ3n) is 4.11. The van der Waals surface area contributed by atoms with Crippen molar-refractivity contribution >= 4 is 17.7 Å². The number of rotatable bonds is 6. The molecule has 0 saturated heterocycles. The first kappa shape index (κ1) is 14.4. The number of imidazole rings is 1. The molecule has 1 aromatic rings. The Labute approximate surface area is 118 Å². The first-order valence-corrected chi connectivity index (χ1v) is 7.91. The Kier molecular flexibility index (Phi) is 4.55. The maximum Gasteiger partial charge on any atom is 0.313 e. The van der Waals surface area contributed by atoms with Gasteiger partial charge in [-0.2, -0.15) is 0 Å². The summed E-state index contributed by atoms with van der Waals surface area (Å²) >= 11 is 1.32. The predicted molar refractivity (Wildman–Crippen MR) is 76.5 cm³/mol. The second-order valence-corrected chi connectivity index (χ2v) is 6.48. The molecule has 0 radical (unpaired) electrons. The average molecular weight is 282 g/mol. The molecule has 1 heterocycles. The first-order valence-electron chi connectivity index (χ1n) is 6.93. The molecule has 1 aliphatic carbocycles. The van der Waals surface area contributed by atoms with Gasteiger partial charge in [0, 0.05) is 12.7 Å². The molecule has 5 heteroatoms. The highest BCUT2D eigenvalue weighted by atomic mass is 32.2. The molecule has 1 saturated carbocycles. The molecule has 0 spiro atoms. The summed E-state index contributed by atoms with van der Waals surface area (Å²) in [5.41, 5.74) is 1.36. The lowest BCUT2D eigenvalue weighted by molar-refractivity contribution is -0.133. The lowest BCUT2D eigenvalue weighted by atomic mass is 9.83. The van der Waals surface area contributed by atoms with Crippen LogP contribution < -0.4 is 0 Å². The molecule has 0 aliphatic heterocycles. The molecular weight excluding hydrogens is 260 g/mol. The lowest BCUT2D eigenvalue weighted by Gasteiger charge is -2.28. The van der Waals surface area contributed by atoms with Crippen LogP contribution in [0.15, 0.2) is 11.4 Å². The van der Waals surface area contributed by atoms with Gasteiger partial charge in [-0.3, -0.25) is 4.79 Å². The van der Waals surface area contributed by atoms with Crippen molar-refractivity contribution in [3.63, 3.8) is 0 Å². The van der Waals surface area contributed by atoms with Crippen LogP contribution in [0.25, 0.3) is 0 Å². The summed E-state index contributed by atoms with van der Waals surface area (Å²) in [6, 6.07) is 0. The van der Waals surface area contributed by atoms with Crippen LogP contribution in [0, 0.1) is 12.3 Å². The summed E-state index contributed by atoms with van der Waals surface area (Å²) < 4.78 is 2.16. The third-order valence-corrected chi connectivity index (χ3v) is 5.08. The van der Waals surface area contributed by atoms with E-state index in [-0.39, 0.29) is 5.75 Å². The van der Waals surface area contributed by atoms with E-state index in [0.717, 1.165) is 17.4 Å². The number of aliphatic carboxylic acids is 1. The van der Waals surface area contributed by atoms with Crippen LogP contribution >= 0.6 is 11.8 Å². The lowest BCUT2D eigenvalue weighted by Crippen LogP contribution is -2.23. The van der Waals surface area contributed by atoms with Crippen LogP contribution in [0.2, 0.25) is 0 Å². The van der Waals surface area contributed by atoms with E-state index in [0.29, 0.717) is 5.41 Å². The fourth-order valence-electron chi connectivity index (χ4n) is 2.99. The second kappa shape index (κ2) is 5.99. The van der Waals surface area contributed by atoms with Gasteiger partial charge in [0.25, 0.3) is 0 Å². The quantitative estimate of drug-likeness (QED) is 0.813. The predicted octanol–water partition coefficient (Wildman–Crippen LogP) is 3.34. The fourth-order valence-corrected chi connectivity index (χ4v) is 3.73. The van der Waals surface area contributed by atoms with E-state index in [4.69, 9.17) is 5.11 Å². The van der Waals surface area contributed by atoms with Crippen LogP contribution in [-0.2, 0) is 11.3 Å². The number of thioether (sulfide) groups is 1. The Bertz CT molecular complexity index is 450. The topological polar surface area (TPSA) is 55.1 Å². The van der Waals surface area contributed by atoms with Crippen molar-refractivity contribution in [2.45, 2.75) is 57.7 Å². The number of carboxylic acid groups (broad SMARTS) is 1. The number of aryl methyl sites for hydroxylation is 1. The minimum atomic E-state index is -0.789. The molecule has 0 amide bonds. The SMILES string of the molecule is CCC1(Cn2cc(C)nc2SCC(=O)O)CCCC1. The van der Waals surface area contributed by atoms with Gasteiger partial charge in [0.15, 0.2) is 5.16 Å². The van der Waals surface area contributed by atoms with Gasteiger partial charge in [-0.25, -0.2) is 4.98 Å². The van der Waals surface area contributed by atoms with Gasteiger partial charge in [0.1, 0.15) is 0 Å². The Morgan fingerprint density at radius 3 is 2.79 bits per heavy atom. The minimum absolute atomic E-state index is 0.0789. The first-order chi connectivity index (χ1) is 9.04. The molecule has 0 aromatic carbocycles. The van der Waals surface area contributed by atoms with E-state index in [1.807, 2.05) is 6.92 Å². The van der Waals surface area contributed by atoms with Crippen molar-refractivity contribution in [3.05, 3.63) is 11.9 Å². The Morgan fingerprint density at radius 1 is 1.53 bits per heavy atom. The van der Waals surface area contributed by atoms with Crippen molar-refractivity contribution < 1.29 is 9.90 Å². The van der Waals surface area contributed by atoms with Crippen molar-refractivity contribution in [1.82, 2.24) is 9.55 Å². The molecule has 1 N–H and O–H groups in total. The van der Waals surface area contributed by atoms with Crippen LogP contribution in [0.5, 0.6) is 0 Å². The summed E-state index contributed by atoms with van der Waals surface area (Å²) in [5, 5.41) is 9.64. The third kappa shape index (κ3) is 3.53. The molecule has 19 heavy (non-hydrogen) atoms. The molecule has 1 aliphatic rings. The molecule has 4 nitrogen and oxygen atoms in total. The van der Waals surface area contributed by atoms with Gasteiger partial charge in [0.2, 0.25) is 0 Å². The maximum absolute atomic E-state index is 10.7. The molecular formula is C14H22N2O2S. The number of carboxylic acids is 1. The summed E-state index contributed by atoms with van der Waals surface area (Å²) in [6.07, 6.45) is 8.44. The highest BCUT2D eigenvalue weighted by Gasteiger charge is 2.33. The molecule has 1 aromatic heterocycles. The summed E-state index contributed by atoms with van der Waals surface area (Å²) in [6.45, 7) is 5.21. The highest BCUT2D eigenvalue weighted by molar-refractivity contribution is 7.99. The van der Waals surface area contributed by atoms with Gasteiger partial charge < -0.3 is 9.67 Å². The van der Waals surface area contributed by atoms with Gasteiger partial charge >= 0.3 is 5.97 Å². The van der Waals surface area contributed by atoms with Crippen LogP contribution in [-0.4, -0.2) is 26.4 Å². The molecule has 0 atom stereocenters. The monoisotopic (exact) mass is 282 g/mol. The van der Waals surface area contributed by atoms with Gasteiger partial charge in [-0.15, -0.1) is 0 Å². The van der Waals surface area contributed by atoms with Gasteiger partial charge in [0.05, 0.1) is 11.4 Å². The fraction of sp³-hybridized carbons (Fsp3) is 0.714.